The van der Waals surface area contributed by atoms with Gasteiger partial charge in [-0.15, -0.1) is 0 Å². The minimum atomic E-state index is 0.187. The summed E-state index contributed by atoms with van der Waals surface area (Å²) in [5.74, 6) is 0.657. The van der Waals surface area contributed by atoms with E-state index >= 15 is 0 Å². The molecule has 88 valence electrons. The van der Waals surface area contributed by atoms with Crippen LogP contribution in [0.4, 0.5) is 0 Å². The molecule has 1 heterocycles. The zero-order valence-corrected chi connectivity index (χ0v) is 9.94. The molecular weight excluding hydrogens is 196 g/mol. The SMILES string of the molecule is NC(c1cccnc1)C1CCCCCCC1. The lowest BCUT2D eigenvalue weighted by Gasteiger charge is -2.25. The highest BCUT2D eigenvalue weighted by molar-refractivity contribution is 5.14. The van der Waals surface area contributed by atoms with Crippen LogP contribution in [-0.2, 0) is 0 Å². The van der Waals surface area contributed by atoms with Crippen LogP contribution in [0.2, 0.25) is 0 Å². The molecule has 1 aromatic heterocycles. The minimum absolute atomic E-state index is 0.187. The Kier molecular flexibility index (Phi) is 4.34. The van der Waals surface area contributed by atoms with Gasteiger partial charge in [-0.2, -0.15) is 0 Å². The minimum Gasteiger partial charge on any atom is -0.324 e. The summed E-state index contributed by atoms with van der Waals surface area (Å²) in [6, 6.07) is 4.28. The highest BCUT2D eigenvalue weighted by Gasteiger charge is 2.20. The third kappa shape index (κ3) is 3.05. The van der Waals surface area contributed by atoms with Gasteiger partial charge < -0.3 is 5.73 Å². The molecule has 1 unspecified atom stereocenters. The predicted octanol–water partition coefficient (Wildman–Crippen LogP) is 3.44. The first-order valence-electron chi connectivity index (χ1n) is 6.53. The van der Waals surface area contributed by atoms with E-state index in [1.165, 1.54) is 50.5 Å². The number of pyridine rings is 1. The first kappa shape index (κ1) is 11.6. The van der Waals surface area contributed by atoms with Crippen LogP contribution in [0, 0.1) is 5.92 Å². The van der Waals surface area contributed by atoms with Gasteiger partial charge in [0.25, 0.3) is 0 Å². The zero-order chi connectivity index (χ0) is 11.2. The molecule has 2 rings (SSSR count). The molecule has 2 heteroatoms. The molecule has 0 saturated heterocycles. The normalized spacial score (nSPS) is 21.1. The third-order valence-electron chi connectivity index (χ3n) is 3.73. The lowest BCUT2D eigenvalue weighted by Crippen LogP contribution is -2.22. The Morgan fingerprint density at radius 3 is 2.44 bits per heavy atom. The molecule has 2 nitrogen and oxygen atoms in total. The molecule has 2 N–H and O–H groups in total. The molecule has 1 aliphatic carbocycles. The van der Waals surface area contributed by atoms with Gasteiger partial charge in [-0.3, -0.25) is 4.98 Å². The maximum atomic E-state index is 6.35. The molecule has 1 atom stereocenters. The summed E-state index contributed by atoms with van der Waals surface area (Å²) in [6.45, 7) is 0. The van der Waals surface area contributed by atoms with E-state index in [1.54, 1.807) is 0 Å². The smallest absolute Gasteiger partial charge is 0.0338 e. The molecule has 0 bridgehead atoms. The lowest BCUT2D eigenvalue weighted by atomic mass is 9.84. The predicted molar refractivity (Wildman–Crippen MR) is 67.0 cm³/mol. The molecule has 1 aliphatic rings. The summed E-state index contributed by atoms with van der Waals surface area (Å²) >= 11 is 0. The highest BCUT2D eigenvalue weighted by atomic mass is 14.7. The summed E-state index contributed by atoms with van der Waals surface area (Å²) in [4.78, 5) is 4.16. The summed E-state index contributed by atoms with van der Waals surface area (Å²) in [7, 11) is 0. The Bertz CT molecular complexity index is 289. The van der Waals surface area contributed by atoms with Gasteiger partial charge in [-0.05, 0) is 30.4 Å². The van der Waals surface area contributed by atoms with Crippen molar-refractivity contribution >= 4 is 0 Å². The third-order valence-corrected chi connectivity index (χ3v) is 3.73. The Morgan fingerprint density at radius 1 is 1.12 bits per heavy atom. The topological polar surface area (TPSA) is 38.9 Å². The van der Waals surface area contributed by atoms with E-state index in [2.05, 4.69) is 11.1 Å². The Balaban J connectivity index is 1.99. The van der Waals surface area contributed by atoms with Crippen molar-refractivity contribution in [3.05, 3.63) is 30.1 Å². The number of nitrogens with zero attached hydrogens (tertiary/aromatic N) is 1. The molecule has 1 aromatic rings. The second-order valence-corrected chi connectivity index (χ2v) is 4.92. The number of rotatable bonds is 2. The van der Waals surface area contributed by atoms with Crippen LogP contribution in [0.5, 0.6) is 0 Å². The molecule has 0 aliphatic heterocycles. The van der Waals surface area contributed by atoms with Crippen LogP contribution >= 0.6 is 0 Å². The summed E-state index contributed by atoms with van der Waals surface area (Å²) in [6.07, 6.45) is 13.2. The standard InChI is InChI=1S/C14H22N2/c15-14(13-9-6-10-16-11-13)12-7-4-2-1-3-5-8-12/h6,9-12,14H,1-5,7-8,15H2. The zero-order valence-electron chi connectivity index (χ0n) is 9.94. The van der Waals surface area contributed by atoms with Gasteiger partial charge in [0, 0.05) is 18.4 Å². The van der Waals surface area contributed by atoms with E-state index in [0.717, 1.165) is 0 Å². The molecular formula is C14H22N2. The van der Waals surface area contributed by atoms with Crippen molar-refractivity contribution in [2.45, 2.75) is 51.0 Å². The van der Waals surface area contributed by atoms with Crippen LogP contribution in [-0.4, -0.2) is 4.98 Å². The fourth-order valence-electron chi connectivity index (χ4n) is 2.69. The molecule has 16 heavy (non-hydrogen) atoms. The number of nitrogens with two attached hydrogens (primary N) is 1. The van der Waals surface area contributed by atoms with E-state index in [0.29, 0.717) is 5.92 Å². The van der Waals surface area contributed by atoms with E-state index < -0.39 is 0 Å². The average Bonchev–Trinajstić information content (AvgIpc) is 2.29. The molecule has 1 fully saturated rings. The maximum absolute atomic E-state index is 6.35. The van der Waals surface area contributed by atoms with Gasteiger partial charge in [0.2, 0.25) is 0 Å². The van der Waals surface area contributed by atoms with Crippen LogP contribution in [0.15, 0.2) is 24.5 Å². The lowest BCUT2D eigenvalue weighted by molar-refractivity contribution is 0.327. The van der Waals surface area contributed by atoms with Crippen LogP contribution in [0.25, 0.3) is 0 Å². The van der Waals surface area contributed by atoms with Crippen molar-refractivity contribution in [1.82, 2.24) is 4.98 Å². The van der Waals surface area contributed by atoms with Crippen LogP contribution in [0.3, 0.4) is 0 Å². The second kappa shape index (κ2) is 6.00. The van der Waals surface area contributed by atoms with Crippen molar-refractivity contribution < 1.29 is 0 Å². The summed E-state index contributed by atoms with van der Waals surface area (Å²) in [5.41, 5.74) is 7.55. The molecule has 0 aromatic carbocycles. The summed E-state index contributed by atoms with van der Waals surface area (Å²) in [5, 5.41) is 0. The van der Waals surface area contributed by atoms with E-state index in [9.17, 15) is 0 Å². The first-order valence-corrected chi connectivity index (χ1v) is 6.53. The van der Waals surface area contributed by atoms with E-state index in [-0.39, 0.29) is 6.04 Å². The van der Waals surface area contributed by atoms with E-state index in [1.807, 2.05) is 18.5 Å². The second-order valence-electron chi connectivity index (χ2n) is 4.92. The van der Waals surface area contributed by atoms with Crippen molar-refractivity contribution in [3.8, 4) is 0 Å². The van der Waals surface area contributed by atoms with Crippen molar-refractivity contribution in [1.29, 1.82) is 0 Å². The fraction of sp³-hybridized carbons (Fsp3) is 0.643. The number of hydrogen-bond acceptors (Lipinski definition) is 2. The van der Waals surface area contributed by atoms with Gasteiger partial charge in [0.15, 0.2) is 0 Å². The maximum Gasteiger partial charge on any atom is 0.0338 e. The molecule has 0 spiro atoms. The van der Waals surface area contributed by atoms with Gasteiger partial charge in [-0.25, -0.2) is 0 Å². The average molecular weight is 218 g/mol. The molecule has 0 amide bonds. The molecule has 0 radical (unpaired) electrons. The Hall–Kier alpha value is -0.890. The van der Waals surface area contributed by atoms with E-state index in [4.69, 9.17) is 5.73 Å². The molecule has 1 saturated carbocycles. The van der Waals surface area contributed by atoms with Crippen molar-refractivity contribution in [3.63, 3.8) is 0 Å². The highest BCUT2D eigenvalue weighted by Crippen LogP contribution is 2.30. The quantitative estimate of drug-likeness (QED) is 0.825. The van der Waals surface area contributed by atoms with Gasteiger partial charge >= 0.3 is 0 Å². The Labute approximate surface area is 98.3 Å². The van der Waals surface area contributed by atoms with Crippen molar-refractivity contribution in [2.24, 2.45) is 11.7 Å². The largest absolute Gasteiger partial charge is 0.324 e. The summed E-state index contributed by atoms with van der Waals surface area (Å²) < 4.78 is 0. The first-order chi connectivity index (χ1) is 7.88. The van der Waals surface area contributed by atoms with Gasteiger partial charge in [0.1, 0.15) is 0 Å². The number of hydrogen-bond donors (Lipinski definition) is 1. The monoisotopic (exact) mass is 218 g/mol. The van der Waals surface area contributed by atoms with Crippen LogP contribution < -0.4 is 5.73 Å². The Morgan fingerprint density at radius 2 is 1.81 bits per heavy atom. The van der Waals surface area contributed by atoms with Crippen LogP contribution in [0.1, 0.15) is 56.6 Å². The number of aromatic nitrogens is 1. The fourth-order valence-corrected chi connectivity index (χ4v) is 2.69. The van der Waals surface area contributed by atoms with Crippen molar-refractivity contribution in [2.75, 3.05) is 0 Å². The van der Waals surface area contributed by atoms with Gasteiger partial charge in [0.05, 0.1) is 0 Å². The van der Waals surface area contributed by atoms with Gasteiger partial charge in [-0.1, -0.05) is 38.2 Å².